The van der Waals surface area contributed by atoms with Crippen LogP contribution in [0.5, 0.6) is 5.75 Å². The van der Waals surface area contributed by atoms with E-state index in [4.69, 9.17) is 16.3 Å². The van der Waals surface area contributed by atoms with Crippen LogP contribution in [-0.4, -0.2) is 18.3 Å². The normalized spacial score (nSPS) is 9.55. The molecule has 1 N–H and O–H groups in total. The van der Waals surface area contributed by atoms with Gasteiger partial charge in [-0.15, -0.1) is 0 Å². The molecular formula is C17H18ClNO3. The van der Waals surface area contributed by atoms with Crippen molar-refractivity contribution < 1.29 is 14.3 Å². The number of carbonyl (C=O) groups excluding carboxylic acids is 2. The van der Waals surface area contributed by atoms with Gasteiger partial charge in [0, 0.05) is 16.3 Å². The first-order chi connectivity index (χ1) is 10.0. The molecule has 1 amide bonds. The standard InChI is InChI=1S/C16H14ClNO3.CH4/c1-11(19)12-2-6-14(7-3-12)18-16(20)10-21-15-8-4-13(17)5-9-15;/h2-9H,10H2,1H3,(H,18,20);1H4. The number of benzene rings is 2. The lowest BCUT2D eigenvalue weighted by Crippen LogP contribution is -2.20. The number of anilines is 1. The van der Waals surface area contributed by atoms with E-state index in [1.54, 1.807) is 48.5 Å². The van der Waals surface area contributed by atoms with Crippen LogP contribution in [0.1, 0.15) is 24.7 Å². The van der Waals surface area contributed by atoms with Gasteiger partial charge in [0.1, 0.15) is 5.75 Å². The Labute approximate surface area is 135 Å². The highest BCUT2D eigenvalue weighted by Crippen LogP contribution is 2.15. The lowest BCUT2D eigenvalue weighted by molar-refractivity contribution is -0.118. The molecular weight excluding hydrogens is 302 g/mol. The van der Waals surface area contributed by atoms with Gasteiger partial charge in [0.15, 0.2) is 12.4 Å². The van der Waals surface area contributed by atoms with E-state index in [1.807, 2.05) is 0 Å². The van der Waals surface area contributed by atoms with Gasteiger partial charge in [-0.2, -0.15) is 0 Å². The Morgan fingerprint density at radius 1 is 1.05 bits per heavy atom. The van der Waals surface area contributed by atoms with Gasteiger partial charge in [-0.25, -0.2) is 0 Å². The van der Waals surface area contributed by atoms with E-state index in [0.717, 1.165) is 0 Å². The summed E-state index contributed by atoms with van der Waals surface area (Å²) < 4.78 is 5.33. The first-order valence-electron chi connectivity index (χ1n) is 6.34. The Hall–Kier alpha value is -2.33. The minimum Gasteiger partial charge on any atom is -0.484 e. The fourth-order valence-electron chi connectivity index (χ4n) is 1.67. The lowest BCUT2D eigenvalue weighted by Gasteiger charge is -2.08. The molecule has 0 bridgehead atoms. The smallest absolute Gasteiger partial charge is 0.262 e. The van der Waals surface area contributed by atoms with Gasteiger partial charge < -0.3 is 10.1 Å². The number of hydrogen-bond acceptors (Lipinski definition) is 3. The van der Waals surface area contributed by atoms with E-state index >= 15 is 0 Å². The molecule has 0 saturated heterocycles. The Morgan fingerprint density at radius 3 is 2.18 bits per heavy atom. The van der Waals surface area contributed by atoms with Crippen molar-refractivity contribution in [2.45, 2.75) is 14.4 Å². The molecule has 0 radical (unpaired) electrons. The van der Waals surface area contributed by atoms with Gasteiger partial charge in [-0.3, -0.25) is 9.59 Å². The zero-order valence-electron chi connectivity index (χ0n) is 11.4. The van der Waals surface area contributed by atoms with Crippen molar-refractivity contribution >= 4 is 29.0 Å². The number of amides is 1. The van der Waals surface area contributed by atoms with Crippen molar-refractivity contribution in [2.75, 3.05) is 11.9 Å². The zero-order chi connectivity index (χ0) is 15.2. The van der Waals surface area contributed by atoms with Crippen LogP contribution in [0.15, 0.2) is 48.5 Å². The molecule has 0 heterocycles. The average molecular weight is 320 g/mol. The van der Waals surface area contributed by atoms with Crippen LogP contribution < -0.4 is 10.1 Å². The summed E-state index contributed by atoms with van der Waals surface area (Å²) in [4.78, 5) is 22.9. The summed E-state index contributed by atoms with van der Waals surface area (Å²) in [5.41, 5.74) is 1.22. The van der Waals surface area contributed by atoms with Crippen molar-refractivity contribution in [1.29, 1.82) is 0 Å². The molecule has 0 saturated carbocycles. The lowest BCUT2D eigenvalue weighted by atomic mass is 10.1. The third-order valence-corrected chi connectivity index (χ3v) is 3.01. The summed E-state index contributed by atoms with van der Waals surface area (Å²) in [7, 11) is 0. The second-order valence-corrected chi connectivity index (χ2v) is 4.86. The number of Topliss-reactive ketones (excluding diaryl/α,β-unsaturated/α-hetero) is 1. The molecule has 0 fully saturated rings. The highest BCUT2D eigenvalue weighted by molar-refractivity contribution is 6.30. The molecule has 5 heteroatoms. The fraction of sp³-hybridized carbons (Fsp3) is 0.176. The minimum absolute atomic E-state index is 0. The van der Waals surface area contributed by atoms with Gasteiger partial charge in [-0.05, 0) is 55.5 Å². The van der Waals surface area contributed by atoms with E-state index in [0.29, 0.717) is 22.0 Å². The number of hydrogen-bond donors (Lipinski definition) is 1. The maximum atomic E-state index is 11.7. The Bertz CT molecular complexity index is 636. The van der Waals surface area contributed by atoms with Crippen molar-refractivity contribution in [1.82, 2.24) is 0 Å². The molecule has 0 aliphatic heterocycles. The first-order valence-corrected chi connectivity index (χ1v) is 6.71. The predicted molar refractivity (Wildman–Crippen MR) is 88.8 cm³/mol. The summed E-state index contributed by atoms with van der Waals surface area (Å²) in [6.45, 7) is 1.39. The number of carbonyl (C=O) groups is 2. The van der Waals surface area contributed by atoms with Crippen LogP contribution >= 0.6 is 11.6 Å². The van der Waals surface area contributed by atoms with Crippen molar-refractivity contribution in [3.05, 3.63) is 59.1 Å². The van der Waals surface area contributed by atoms with Crippen LogP contribution in [0.25, 0.3) is 0 Å². The molecule has 0 aromatic heterocycles. The van der Waals surface area contributed by atoms with Crippen LogP contribution in [0.4, 0.5) is 5.69 Å². The molecule has 0 unspecified atom stereocenters. The number of halogens is 1. The maximum Gasteiger partial charge on any atom is 0.262 e. The van der Waals surface area contributed by atoms with Gasteiger partial charge >= 0.3 is 0 Å². The van der Waals surface area contributed by atoms with Gasteiger partial charge in [0.2, 0.25) is 0 Å². The quantitative estimate of drug-likeness (QED) is 0.840. The minimum atomic E-state index is -0.277. The fourth-order valence-corrected chi connectivity index (χ4v) is 1.79. The Kier molecular flexibility index (Phi) is 6.60. The van der Waals surface area contributed by atoms with Crippen LogP contribution in [0, 0.1) is 0 Å². The average Bonchev–Trinajstić information content (AvgIpc) is 2.47. The summed E-state index contributed by atoms with van der Waals surface area (Å²) in [5, 5.41) is 3.30. The molecule has 0 aliphatic rings. The largest absolute Gasteiger partial charge is 0.484 e. The first kappa shape index (κ1) is 17.7. The summed E-state index contributed by atoms with van der Waals surface area (Å²) in [5.74, 6) is 0.279. The van der Waals surface area contributed by atoms with E-state index in [2.05, 4.69) is 5.32 Å². The highest BCUT2D eigenvalue weighted by Gasteiger charge is 2.05. The number of ketones is 1. The van der Waals surface area contributed by atoms with Gasteiger partial charge in [0.25, 0.3) is 5.91 Å². The van der Waals surface area contributed by atoms with Crippen molar-refractivity contribution in [2.24, 2.45) is 0 Å². The van der Waals surface area contributed by atoms with Crippen LogP contribution in [0.2, 0.25) is 5.02 Å². The maximum absolute atomic E-state index is 11.7. The number of nitrogens with one attached hydrogen (secondary N) is 1. The van der Waals surface area contributed by atoms with Gasteiger partial charge in [-0.1, -0.05) is 19.0 Å². The summed E-state index contributed by atoms with van der Waals surface area (Å²) >= 11 is 5.76. The molecule has 0 spiro atoms. The van der Waals surface area contributed by atoms with Gasteiger partial charge in [0.05, 0.1) is 0 Å². The highest BCUT2D eigenvalue weighted by atomic mass is 35.5. The SMILES string of the molecule is C.CC(=O)c1ccc(NC(=O)COc2ccc(Cl)cc2)cc1. The third kappa shape index (κ3) is 5.22. The van der Waals surface area contributed by atoms with E-state index in [-0.39, 0.29) is 25.7 Å². The third-order valence-electron chi connectivity index (χ3n) is 2.76. The van der Waals surface area contributed by atoms with E-state index in [1.165, 1.54) is 6.92 Å². The Balaban J connectivity index is 0.00000242. The number of ether oxygens (including phenoxy) is 1. The second kappa shape index (κ2) is 8.20. The molecule has 2 aromatic carbocycles. The molecule has 0 atom stereocenters. The topological polar surface area (TPSA) is 55.4 Å². The molecule has 0 aliphatic carbocycles. The summed E-state index contributed by atoms with van der Waals surface area (Å²) in [6, 6.07) is 13.4. The second-order valence-electron chi connectivity index (χ2n) is 4.42. The van der Waals surface area contributed by atoms with Crippen molar-refractivity contribution in [3.63, 3.8) is 0 Å². The Morgan fingerprint density at radius 2 is 1.64 bits per heavy atom. The van der Waals surface area contributed by atoms with E-state index < -0.39 is 0 Å². The van der Waals surface area contributed by atoms with Crippen molar-refractivity contribution in [3.8, 4) is 5.75 Å². The predicted octanol–water partition coefficient (Wildman–Crippen LogP) is 4.20. The zero-order valence-corrected chi connectivity index (χ0v) is 12.2. The molecule has 22 heavy (non-hydrogen) atoms. The molecule has 116 valence electrons. The van der Waals surface area contributed by atoms with Crippen LogP contribution in [-0.2, 0) is 4.79 Å². The number of rotatable bonds is 5. The van der Waals surface area contributed by atoms with E-state index in [9.17, 15) is 9.59 Å². The monoisotopic (exact) mass is 319 g/mol. The van der Waals surface area contributed by atoms with Crippen LogP contribution in [0.3, 0.4) is 0 Å². The molecule has 2 rings (SSSR count). The summed E-state index contributed by atoms with van der Waals surface area (Å²) in [6.07, 6.45) is 0. The molecule has 2 aromatic rings. The molecule has 4 nitrogen and oxygen atoms in total.